The first-order chi connectivity index (χ1) is 13.2. The number of rotatable bonds is 6. The molecule has 0 aliphatic carbocycles. The molecule has 2 aromatic rings. The van der Waals surface area contributed by atoms with Crippen LogP contribution in [0.3, 0.4) is 0 Å². The van der Waals surface area contributed by atoms with E-state index in [-0.39, 0.29) is 17.9 Å². The highest BCUT2D eigenvalue weighted by atomic mass is 16.5. The van der Waals surface area contributed by atoms with Crippen molar-refractivity contribution >= 4 is 5.97 Å². The van der Waals surface area contributed by atoms with Gasteiger partial charge in [0.05, 0.1) is 7.11 Å². The number of hydrogen-bond donors (Lipinski definition) is 2. The fraction of sp³-hybridized carbons (Fsp3) is 0.409. The van der Waals surface area contributed by atoms with Crippen molar-refractivity contribution in [3.8, 4) is 0 Å². The van der Waals surface area contributed by atoms with Gasteiger partial charge in [-0.2, -0.15) is 0 Å². The summed E-state index contributed by atoms with van der Waals surface area (Å²) in [5, 5.41) is 14.7. The van der Waals surface area contributed by atoms with Crippen molar-refractivity contribution < 1.29 is 14.6 Å². The number of aliphatic hydroxyl groups excluding tert-OH is 1. The van der Waals surface area contributed by atoms with Crippen LogP contribution in [-0.2, 0) is 9.53 Å². The number of ether oxygens (including phenoxy) is 1. The molecule has 3 unspecified atom stereocenters. The van der Waals surface area contributed by atoms with Gasteiger partial charge in [0.25, 0.3) is 0 Å². The molecule has 0 amide bonds. The zero-order chi connectivity index (χ0) is 19.2. The van der Waals surface area contributed by atoms with Gasteiger partial charge in [-0.1, -0.05) is 60.7 Å². The number of piperidine rings is 1. The maximum atomic E-state index is 12.4. The van der Waals surface area contributed by atoms with E-state index in [2.05, 4.69) is 5.32 Å². The van der Waals surface area contributed by atoms with Crippen LogP contribution >= 0.6 is 0 Å². The molecule has 2 aromatic carbocycles. The summed E-state index contributed by atoms with van der Waals surface area (Å²) in [5.74, 6) is -0.542. The Kier molecular flexibility index (Phi) is 6.61. The van der Waals surface area contributed by atoms with Crippen molar-refractivity contribution in [2.45, 2.75) is 37.1 Å². The molecule has 3 atom stereocenters. The summed E-state index contributed by atoms with van der Waals surface area (Å²) in [4.78, 5) is 14.3. The van der Waals surface area contributed by atoms with Gasteiger partial charge in [0, 0.05) is 18.5 Å². The Bertz CT molecular complexity index is 683. The Balaban J connectivity index is 1.95. The lowest BCUT2D eigenvalue weighted by Gasteiger charge is -2.42. The zero-order valence-electron chi connectivity index (χ0n) is 15.9. The molecular weight excluding hydrogens is 340 g/mol. The van der Waals surface area contributed by atoms with E-state index in [4.69, 9.17) is 4.74 Å². The maximum absolute atomic E-state index is 12.4. The first-order valence-corrected chi connectivity index (χ1v) is 9.44. The van der Waals surface area contributed by atoms with Crippen LogP contribution in [0.4, 0.5) is 0 Å². The van der Waals surface area contributed by atoms with Crippen molar-refractivity contribution in [2.75, 3.05) is 20.7 Å². The van der Waals surface area contributed by atoms with Crippen LogP contribution < -0.4 is 5.32 Å². The second kappa shape index (κ2) is 9.13. The lowest BCUT2D eigenvalue weighted by Crippen LogP contribution is -2.56. The standard InChI is InChI=1S/C22H28N2O3/c1-23-18-13-14-24(19(15-18)22(26)27-2)21(25)20(16-9-5-3-6-10-16)17-11-7-4-8-12-17/h3-12,18-21,23,25H,13-15H2,1-2H3. The first kappa shape index (κ1) is 19.5. The average Bonchev–Trinajstić information content (AvgIpc) is 2.74. The van der Waals surface area contributed by atoms with E-state index in [0.717, 1.165) is 17.5 Å². The minimum Gasteiger partial charge on any atom is -0.468 e. The van der Waals surface area contributed by atoms with Gasteiger partial charge in [-0.15, -0.1) is 0 Å². The summed E-state index contributed by atoms with van der Waals surface area (Å²) < 4.78 is 5.03. The molecule has 1 saturated heterocycles. The summed E-state index contributed by atoms with van der Waals surface area (Å²) in [6, 6.07) is 19.7. The van der Waals surface area contributed by atoms with Crippen LogP contribution in [-0.4, -0.2) is 55.0 Å². The molecule has 1 aliphatic rings. The number of hydrogen-bond acceptors (Lipinski definition) is 5. The average molecular weight is 368 g/mol. The summed E-state index contributed by atoms with van der Waals surface area (Å²) >= 11 is 0. The maximum Gasteiger partial charge on any atom is 0.323 e. The van der Waals surface area contributed by atoms with E-state index in [1.807, 2.05) is 72.6 Å². The molecule has 3 rings (SSSR count). The molecule has 0 bridgehead atoms. The molecule has 27 heavy (non-hydrogen) atoms. The molecule has 1 heterocycles. The minimum atomic E-state index is -0.822. The lowest BCUT2D eigenvalue weighted by atomic mass is 9.87. The summed E-state index contributed by atoms with van der Waals surface area (Å²) in [5.41, 5.74) is 2.05. The van der Waals surface area contributed by atoms with E-state index in [1.165, 1.54) is 7.11 Å². The first-order valence-electron chi connectivity index (χ1n) is 9.44. The zero-order valence-corrected chi connectivity index (χ0v) is 15.9. The number of aliphatic hydroxyl groups is 1. The van der Waals surface area contributed by atoms with Crippen molar-refractivity contribution in [1.29, 1.82) is 0 Å². The van der Waals surface area contributed by atoms with E-state index < -0.39 is 12.3 Å². The predicted octanol–water partition coefficient (Wildman–Crippen LogP) is 2.36. The molecular formula is C22H28N2O3. The van der Waals surface area contributed by atoms with Crippen LogP contribution in [0.2, 0.25) is 0 Å². The van der Waals surface area contributed by atoms with Crippen LogP contribution in [0.15, 0.2) is 60.7 Å². The highest BCUT2D eigenvalue weighted by Gasteiger charge is 2.40. The van der Waals surface area contributed by atoms with Crippen LogP contribution in [0, 0.1) is 0 Å². The third-order valence-corrected chi connectivity index (χ3v) is 5.48. The van der Waals surface area contributed by atoms with Gasteiger partial charge in [-0.05, 0) is 31.0 Å². The molecule has 5 heteroatoms. The van der Waals surface area contributed by atoms with Crippen molar-refractivity contribution in [1.82, 2.24) is 10.2 Å². The predicted molar refractivity (Wildman–Crippen MR) is 105 cm³/mol. The van der Waals surface area contributed by atoms with Crippen LogP contribution in [0.1, 0.15) is 29.9 Å². The second-order valence-electron chi connectivity index (χ2n) is 7.00. The van der Waals surface area contributed by atoms with Gasteiger partial charge in [0.15, 0.2) is 0 Å². The van der Waals surface area contributed by atoms with Crippen molar-refractivity contribution in [3.05, 3.63) is 71.8 Å². The molecule has 1 aliphatic heterocycles. The summed E-state index contributed by atoms with van der Waals surface area (Å²) in [6.45, 7) is 0.628. The number of carbonyl (C=O) groups is 1. The summed E-state index contributed by atoms with van der Waals surface area (Å²) in [6.07, 6.45) is 0.671. The molecule has 5 nitrogen and oxygen atoms in total. The largest absolute Gasteiger partial charge is 0.468 e. The molecule has 1 fully saturated rings. The third-order valence-electron chi connectivity index (χ3n) is 5.48. The van der Waals surface area contributed by atoms with Gasteiger partial charge < -0.3 is 15.2 Å². The molecule has 0 spiro atoms. The van der Waals surface area contributed by atoms with E-state index in [9.17, 15) is 9.90 Å². The molecule has 144 valence electrons. The molecule has 2 N–H and O–H groups in total. The second-order valence-corrected chi connectivity index (χ2v) is 7.00. The van der Waals surface area contributed by atoms with E-state index >= 15 is 0 Å². The van der Waals surface area contributed by atoms with Gasteiger partial charge in [0.2, 0.25) is 0 Å². The van der Waals surface area contributed by atoms with E-state index in [0.29, 0.717) is 13.0 Å². The molecule has 0 radical (unpaired) electrons. The van der Waals surface area contributed by atoms with Crippen LogP contribution in [0.25, 0.3) is 0 Å². The number of carbonyl (C=O) groups excluding carboxylic acids is 1. The molecule has 0 saturated carbocycles. The number of nitrogens with one attached hydrogen (secondary N) is 1. The van der Waals surface area contributed by atoms with Gasteiger partial charge in [-0.3, -0.25) is 9.69 Å². The number of nitrogens with zero attached hydrogens (tertiary/aromatic N) is 1. The minimum absolute atomic E-state index is 0.240. The Morgan fingerprint density at radius 2 is 1.67 bits per heavy atom. The number of methoxy groups -OCH3 is 1. The monoisotopic (exact) mass is 368 g/mol. The smallest absolute Gasteiger partial charge is 0.323 e. The Hall–Kier alpha value is -2.21. The Morgan fingerprint density at radius 1 is 1.11 bits per heavy atom. The van der Waals surface area contributed by atoms with Crippen molar-refractivity contribution in [2.24, 2.45) is 0 Å². The number of benzene rings is 2. The van der Waals surface area contributed by atoms with E-state index in [1.54, 1.807) is 0 Å². The third kappa shape index (κ3) is 4.38. The normalized spacial score (nSPS) is 21.8. The van der Waals surface area contributed by atoms with Crippen LogP contribution in [0.5, 0.6) is 0 Å². The highest BCUT2D eigenvalue weighted by Crippen LogP contribution is 2.33. The fourth-order valence-corrected chi connectivity index (χ4v) is 3.98. The quantitative estimate of drug-likeness (QED) is 0.767. The van der Waals surface area contributed by atoms with Gasteiger partial charge in [-0.25, -0.2) is 0 Å². The number of esters is 1. The Morgan fingerprint density at radius 3 is 2.15 bits per heavy atom. The van der Waals surface area contributed by atoms with Gasteiger partial charge in [0.1, 0.15) is 12.3 Å². The summed E-state index contributed by atoms with van der Waals surface area (Å²) in [7, 11) is 3.31. The van der Waals surface area contributed by atoms with Gasteiger partial charge >= 0.3 is 5.97 Å². The highest BCUT2D eigenvalue weighted by molar-refractivity contribution is 5.76. The lowest BCUT2D eigenvalue weighted by molar-refractivity contribution is -0.156. The number of likely N-dealkylation sites (tertiary alicyclic amines) is 1. The fourth-order valence-electron chi connectivity index (χ4n) is 3.98. The topological polar surface area (TPSA) is 61.8 Å². The van der Waals surface area contributed by atoms with Crippen molar-refractivity contribution in [3.63, 3.8) is 0 Å². The Labute approximate surface area is 161 Å². The SMILES string of the molecule is CNC1CCN(C(O)C(c2ccccc2)c2ccccc2)C(C(=O)OC)C1. The molecule has 0 aromatic heterocycles.